The van der Waals surface area contributed by atoms with Gasteiger partial charge in [0.2, 0.25) is 0 Å². The van der Waals surface area contributed by atoms with E-state index in [-0.39, 0.29) is 6.54 Å². The monoisotopic (exact) mass is 361 g/mol. The van der Waals surface area contributed by atoms with Crippen molar-refractivity contribution in [1.82, 2.24) is 10.6 Å². The standard InChI is InChI=1S/C17H35N3O3S/c1-5-18-16(19-11-7-6-8-15(2)3)20-14-17(24(4,21)22)9-12-23-13-10-17/h15H,5-14H2,1-4H3,(H2,18,19,20). The number of hydrogen-bond acceptors (Lipinski definition) is 4. The molecule has 1 rings (SSSR count). The molecule has 24 heavy (non-hydrogen) atoms. The van der Waals surface area contributed by atoms with Gasteiger partial charge in [-0.25, -0.2) is 8.42 Å². The molecule has 0 aromatic carbocycles. The molecule has 0 radical (unpaired) electrons. The molecule has 1 saturated heterocycles. The maximum Gasteiger partial charge on any atom is 0.191 e. The summed E-state index contributed by atoms with van der Waals surface area (Å²) < 4.78 is 29.1. The molecule has 6 nitrogen and oxygen atoms in total. The summed E-state index contributed by atoms with van der Waals surface area (Å²) in [6.07, 6.45) is 5.86. The Morgan fingerprint density at radius 2 is 1.88 bits per heavy atom. The van der Waals surface area contributed by atoms with Gasteiger partial charge in [-0.3, -0.25) is 4.99 Å². The van der Waals surface area contributed by atoms with Gasteiger partial charge < -0.3 is 15.4 Å². The Hall–Kier alpha value is -0.820. The third-order valence-corrected chi connectivity index (χ3v) is 6.67. The minimum absolute atomic E-state index is 0.288. The Kier molecular flexibility index (Phi) is 9.05. The van der Waals surface area contributed by atoms with Gasteiger partial charge in [0.1, 0.15) is 0 Å². The van der Waals surface area contributed by atoms with Crippen molar-refractivity contribution >= 4 is 15.8 Å². The summed E-state index contributed by atoms with van der Waals surface area (Å²) in [7, 11) is -3.18. The summed E-state index contributed by atoms with van der Waals surface area (Å²) in [4.78, 5) is 4.57. The number of unbranched alkanes of at least 4 members (excludes halogenated alkanes) is 1. The molecule has 0 unspecified atom stereocenters. The second-order valence-corrected chi connectivity index (χ2v) is 9.49. The highest BCUT2D eigenvalue weighted by molar-refractivity contribution is 7.92. The molecule has 0 bridgehead atoms. The molecule has 1 heterocycles. The van der Waals surface area contributed by atoms with Gasteiger partial charge in [-0.2, -0.15) is 0 Å². The van der Waals surface area contributed by atoms with Gasteiger partial charge in [-0.15, -0.1) is 0 Å². The quantitative estimate of drug-likeness (QED) is 0.373. The second-order valence-electron chi connectivity index (χ2n) is 7.08. The number of nitrogens with zero attached hydrogens (tertiary/aromatic N) is 1. The van der Waals surface area contributed by atoms with Crippen LogP contribution in [0.4, 0.5) is 0 Å². The number of aliphatic imine (C=N–C) groups is 1. The fourth-order valence-corrected chi connectivity index (χ4v) is 4.05. The lowest BCUT2D eigenvalue weighted by Crippen LogP contribution is -2.47. The lowest BCUT2D eigenvalue weighted by molar-refractivity contribution is 0.0768. The van der Waals surface area contributed by atoms with Crippen molar-refractivity contribution in [2.24, 2.45) is 10.9 Å². The third kappa shape index (κ3) is 6.97. The first-order valence-electron chi connectivity index (χ1n) is 9.10. The van der Waals surface area contributed by atoms with Crippen LogP contribution >= 0.6 is 0 Å². The van der Waals surface area contributed by atoms with Crippen molar-refractivity contribution < 1.29 is 13.2 Å². The van der Waals surface area contributed by atoms with E-state index < -0.39 is 14.6 Å². The van der Waals surface area contributed by atoms with Gasteiger partial charge in [0.15, 0.2) is 15.8 Å². The summed E-state index contributed by atoms with van der Waals surface area (Å²) in [6, 6.07) is 0. The summed E-state index contributed by atoms with van der Waals surface area (Å²) in [5, 5.41) is 6.52. The van der Waals surface area contributed by atoms with E-state index in [0.29, 0.717) is 32.0 Å². The van der Waals surface area contributed by atoms with E-state index in [2.05, 4.69) is 29.5 Å². The zero-order valence-electron chi connectivity index (χ0n) is 15.7. The molecular weight excluding hydrogens is 326 g/mol. The van der Waals surface area contributed by atoms with E-state index >= 15 is 0 Å². The van der Waals surface area contributed by atoms with Crippen LogP contribution in [-0.4, -0.2) is 58.2 Å². The molecule has 142 valence electrons. The minimum atomic E-state index is -3.18. The van der Waals surface area contributed by atoms with E-state index in [0.717, 1.165) is 25.4 Å². The van der Waals surface area contributed by atoms with Gasteiger partial charge in [-0.1, -0.05) is 26.7 Å². The fourth-order valence-electron chi connectivity index (χ4n) is 2.84. The van der Waals surface area contributed by atoms with E-state index in [1.165, 1.54) is 19.1 Å². The Bertz CT molecular complexity index is 483. The molecule has 2 N–H and O–H groups in total. The topological polar surface area (TPSA) is 79.8 Å². The van der Waals surface area contributed by atoms with Gasteiger partial charge in [0.25, 0.3) is 0 Å². The first kappa shape index (κ1) is 21.2. The minimum Gasteiger partial charge on any atom is -0.381 e. The van der Waals surface area contributed by atoms with Crippen molar-refractivity contribution in [2.75, 3.05) is 39.1 Å². The molecule has 1 aliphatic rings. The first-order chi connectivity index (χ1) is 11.3. The highest BCUT2D eigenvalue weighted by atomic mass is 32.2. The summed E-state index contributed by atoms with van der Waals surface area (Å²) in [6.45, 7) is 9.35. The van der Waals surface area contributed by atoms with E-state index in [1.807, 2.05) is 6.92 Å². The number of rotatable bonds is 9. The number of hydrogen-bond donors (Lipinski definition) is 2. The van der Waals surface area contributed by atoms with Crippen LogP contribution in [0.1, 0.15) is 52.9 Å². The molecule has 0 spiro atoms. The maximum atomic E-state index is 12.3. The van der Waals surface area contributed by atoms with Gasteiger partial charge in [-0.05, 0) is 32.1 Å². The Morgan fingerprint density at radius 3 is 2.42 bits per heavy atom. The van der Waals surface area contributed by atoms with E-state index in [1.54, 1.807) is 0 Å². The number of nitrogens with one attached hydrogen (secondary N) is 2. The van der Waals surface area contributed by atoms with Crippen molar-refractivity contribution in [1.29, 1.82) is 0 Å². The van der Waals surface area contributed by atoms with Gasteiger partial charge in [0.05, 0.1) is 11.3 Å². The van der Waals surface area contributed by atoms with Crippen LogP contribution in [-0.2, 0) is 14.6 Å². The zero-order chi connectivity index (χ0) is 18.1. The van der Waals surface area contributed by atoms with Crippen LogP contribution in [0.25, 0.3) is 0 Å². The predicted molar refractivity (Wildman–Crippen MR) is 100 cm³/mol. The predicted octanol–water partition coefficient (Wildman–Crippen LogP) is 1.96. The molecule has 1 fully saturated rings. The van der Waals surface area contributed by atoms with E-state index in [9.17, 15) is 8.42 Å². The van der Waals surface area contributed by atoms with Crippen molar-refractivity contribution in [3.63, 3.8) is 0 Å². The summed E-state index contributed by atoms with van der Waals surface area (Å²) in [5.74, 6) is 1.44. The van der Waals surface area contributed by atoms with Crippen molar-refractivity contribution in [3.8, 4) is 0 Å². The Morgan fingerprint density at radius 1 is 1.21 bits per heavy atom. The Labute approximate surface area is 147 Å². The average molecular weight is 362 g/mol. The average Bonchev–Trinajstić information content (AvgIpc) is 2.51. The van der Waals surface area contributed by atoms with Crippen molar-refractivity contribution in [2.45, 2.75) is 57.6 Å². The van der Waals surface area contributed by atoms with Crippen molar-refractivity contribution in [3.05, 3.63) is 0 Å². The third-order valence-electron chi connectivity index (χ3n) is 4.56. The highest BCUT2D eigenvalue weighted by Crippen LogP contribution is 2.29. The molecule has 0 aromatic rings. The second kappa shape index (κ2) is 10.2. The van der Waals surface area contributed by atoms with Crippen LogP contribution in [0.15, 0.2) is 4.99 Å². The summed E-state index contributed by atoms with van der Waals surface area (Å²) >= 11 is 0. The van der Waals surface area contributed by atoms with Crippen LogP contribution in [0.3, 0.4) is 0 Å². The van der Waals surface area contributed by atoms with Gasteiger partial charge in [0, 0.05) is 32.6 Å². The van der Waals surface area contributed by atoms with Crippen LogP contribution in [0.5, 0.6) is 0 Å². The van der Waals surface area contributed by atoms with Crippen LogP contribution in [0, 0.1) is 5.92 Å². The molecule has 1 aliphatic heterocycles. The number of ether oxygens (including phenoxy) is 1. The smallest absolute Gasteiger partial charge is 0.191 e. The summed E-state index contributed by atoms with van der Waals surface area (Å²) in [5.41, 5.74) is 0. The number of guanidine groups is 1. The normalized spacial score (nSPS) is 18.6. The van der Waals surface area contributed by atoms with Crippen LogP contribution < -0.4 is 10.6 Å². The van der Waals surface area contributed by atoms with Gasteiger partial charge >= 0.3 is 0 Å². The van der Waals surface area contributed by atoms with E-state index in [4.69, 9.17) is 4.74 Å². The molecule has 0 saturated carbocycles. The SMILES string of the molecule is CCNC(=NCC1(S(C)(=O)=O)CCOCC1)NCCCCC(C)C. The highest BCUT2D eigenvalue weighted by Gasteiger charge is 2.42. The molecule has 0 atom stereocenters. The Balaban J connectivity index is 2.62. The first-order valence-corrected chi connectivity index (χ1v) is 11.0. The molecular formula is C17H35N3O3S. The van der Waals surface area contributed by atoms with Crippen LogP contribution in [0.2, 0.25) is 0 Å². The lowest BCUT2D eigenvalue weighted by Gasteiger charge is -2.34. The zero-order valence-corrected chi connectivity index (χ0v) is 16.5. The molecule has 0 amide bonds. The largest absolute Gasteiger partial charge is 0.381 e. The number of sulfone groups is 1. The molecule has 0 aromatic heterocycles. The maximum absolute atomic E-state index is 12.3. The fraction of sp³-hybridized carbons (Fsp3) is 0.941. The molecule has 0 aliphatic carbocycles. The molecule has 7 heteroatoms. The lowest BCUT2D eigenvalue weighted by atomic mass is 9.99.